The Morgan fingerprint density at radius 2 is 1.08 bits per heavy atom. The number of benzene rings is 2. The van der Waals surface area contributed by atoms with E-state index < -0.39 is 34.8 Å². The van der Waals surface area contributed by atoms with Crippen molar-refractivity contribution >= 4 is 85.7 Å². The van der Waals surface area contributed by atoms with Gasteiger partial charge < -0.3 is 34.7 Å². The molecule has 3 amide bonds. The largest absolute Gasteiger partial charge is 0.507 e. The van der Waals surface area contributed by atoms with E-state index in [9.17, 15) is 34.2 Å². The number of amides is 3. The first-order valence-electron chi connectivity index (χ1n) is 28.4. The number of likely N-dealkylation sites (N-methyl/N-ethyl adjacent to an activating group) is 2. The first-order valence-corrected chi connectivity index (χ1v) is 29.1. The zero-order chi connectivity index (χ0) is 61.8. The number of hydrogen-bond acceptors (Lipinski definition) is 13. The Morgan fingerprint density at radius 1 is 0.640 bits per heavy atom. The van der Waals surface area contributed by atoms with Crippen molar-refractivity contribution in [3.05, 3.63) is 151 Å². The molecule has 6 aromatic heterocycles. The molecule has 0 radical (unpaired) electrons. The fourth-order valence-corrected chi connectivity index (χ4v) is 13.2. The monoisotopic (exact) mass is 1210 g/mol. The highest BCUT2D eigenvalue weighted by Crippen LogP contribution is 2.48. The first-order chi connectivity index (χ1) is 40.9. The Balaban J connectivity index is 0.000000179. The number of anilines is 4. The van der Waals surface area contributed by atoms with Crippen molar-refractivity contribution in [2.45, 2.75) is 98.2 Å². The molecule has 4 aliphatic rings. The number of aryl methyl sites for hydroxylation is 2. The molecule has 0 bridgehead atoms. The van der Waals surface area contributed by atoms with E-state index in [1.165, 1.54) is 68.5 Å². The van der Waals surface area contributed by atoms with E-state index in [0.29, 0.717) is 63.8 Å². The molecule has 0 spiro atoms. The first kappa shape index (κ1) is 59.0. The van der Waals surface area contributed by atoms with Crippen molar-refractivity contribution in [3.63, 3.8) is 0 Å². The normalized spacial score (nSPS) is 18.3. The van der Waals surface area contributed by atoms with E-state index in [2.05, 4.69) is 23.5 Å². The van der Waals surface area contributed by atoms with Crippen LogP contribution < -0.4 is 30.7 Å². The molecule has 4 atom stereocenters. The zero-order valence-electron chi connectivity index (χ0n) is 49.1. The summed E-state index contributed by atoms with van der Waals surface area (Å²) >= 11 is 13.6. The summed E-state index contributed by atoms with van der Waals surface area (Å²) in [6.07, 6.45) is 6.14. The highest BCUT2D eigenvalue weighted by molar-refractivity contribution is 6.35. The van der Waals surface area contributed by atoms with Gasteiger partial charge in [0, 0.05) is 56.4 Å². The molecule has 0 saturated carbocycles. The van der Waals surface area contributed by atoms with E-state index in [1.54, 1.807) is 42.5 Å². The third kappa shape index (κ3) is 9.38. The smallest absolute Gasteiger partial charge is 0.283 e. The summed E-state index contributed by atoms with van der Waals surface area (Å²) in [6, 6.07) is 13.2. The van der Waals surface area contributed by atoms with Crippen LogP contribution in [-0.2, 0) is 14.4 Å². The number of phenolic OH excluding ortho intramolecular Hbond substituents is 2. The summed E-state index contributed by atoms with van der Waals surface area (Å²) in [5.41, 5.74) is 4.28. The Bertz CT molecular complexity index is 4300. The molecule has 444 valence electrons. The number of pyridine rings is 6. The number of nitrogens with zero attached hydrogens (tertiary/aromatic N) is 11. The van der Waals surface area contributed by atoms with Crippen LogP contribution in [0.5, 0.6) is 11.5 Å². The molecule has 10 heterocycles. The third-order valence-electron chi connectivity index (χ3n) is 16.9. The average Bonchev–Trinajstić information content (AvgIpc) is 0.775. The van der Waals surface area contributed by atoms with Crippen LogP contribution in [0, 0.1) is 31.4 Å². The highest BCUT2D eigenvalue weighted by Gasteiger charge is 2.47. The van der Waals surface area contributed by atoms with Gasteiger partial charge in [-0.15, -0.1) is 0 Å². The van der Waals surface area contributed by atoms with E-state index in [-0.39, 0.29) is 115 Å². The minimum absolute atomic E-state index is 0.0132. The molecule has 18 nitrogen and oxygen atoms in total. The predicted octanol–water partition coefficient (Wildman–Crippen LogP) is 10.9. The maximum absolute atomic E-state index is 15.2. The number of rotatable bonds is 7. The Hall–Kier alpha value is -8.75. The molecule has 4 aliphatic heterocycles. The molecule has 86 heavy (non-hydrogen) atoms. The number of fused-ring (bicyclic) bond motifs is 10. The van der Waals surface area contributed by atoms with Crippen molar-refractivity contribution in [2.75, 3.05) is 53.3 Å². The van der Waals surface area contributed by atoms with Gasteiger partial charge in [-0.05, 0) is 117 Å². The number of piperidine rings is 1. The van der Waals surface area contributed by atoms with E-state index in [1.807, 2.05) is 64.3 Å². The minimum atomic E-state index is -0.790. The zero-order valence-corrected chi connectivity index (χ0v) is 50.6. The van der Waals surface area contributed by atoms with Crippen molar-refractivity contribution < 1.29 is 33.4 Å². The maximum atomic E-state index is 15.2. The summed E-state index contributed by atoms with van der Waals surface area (Å²) in [4.78, 5) is 96.7. The summed E-state index contributed by atoms with van der Waals surface area (Å²) in [5.74, 6) is -2.73. The van der Waals surface area contributed by atoms with Crippen LogP contribution in [0.15, 0.2) is 95.3 Å². The number of carbonyl (C=O) groups excluding carboxylic acids is 3. The number of hydrogen-bond donors (Lipinski definition) is 2. The molecular weight excluding hydrogens is 1140 g/mol. The SMILES string of the molecule is C=CC(=O)N1C[C@@H]2C(=O)N(C)c3c(c4cc(Cl)c(-c5c(O)cccc5F)nc4n(-c4c(C)ccnc4C(C)C)c3=O)N2C[C@H]1C.Cc1ccnc(C(C)C)c1-n1c(=O)c2c(c3cc(Cl)c(-c4c(O)cccc4F)nc31)N1C[C@@H](C)CC[C@@H]1C(=O)N2C. The summed E-state index contributed by atoms with van der Waals surface area (Å²) < 4.78 is 33.2. The second kappa shape index (κ2) is 22.3. The lowest BCUT2D eigenvalue weighted by molar-refractivity contribution is -0.130. The lowest BCUT2D eigenvalue weighted by atomic mass is 9.90. The number of piperazine rings is 1. The number of aromatic nitrogens is 6. The molecule has 22 heteroatoms. The van der Waals surface area contributed by atoms with Gasteiger partial charge in [0.1, 0.15) is 46.6 Å². The number of aromatic hydroxyl groups is 2. The number of phenols is 2. The van der Waals surface area contributed by atoms with Crippen LogP contribution in [0.3, 0.4) is 0 Å². The van der Waals surface area contributed by atoms with Gasteiger partial charge in [0.05, 0.1) is 73.2 Å². The van der Waals surface area contributed by atoms with Crippen LogP contribution in [0.25, 0.3) is 56.0 Å². The lowest BCUT2D eigenvalue weighted by Crippen LogP contribution is -2.66. The van der Waals surface area contributed by atoms with Gasteiger partial charge in [-0.25, -0.2) is 18.7 Å². The predicted molar refractivity (Wildman–Crippen MR) is 331 cm³/mol. The molecule has 12 rings (SSSR count). The van der Waals surface area contributed by atoms with E-state index >= 15 is 8.78 Å². The fourth-order valence-electron chi connectivity index (χ4n) is 12.7. The van der Waals surface area contributed by atoms with Gasteiger partial charge in [0.25, 0.3) is 17.0 Å². The van der Waals surface area contributed by atoms with Gasteiger partial charge in [-0.2, -0.15) is 0 Å². The molecule has 0 unspecified atom stereocenters. The Kier molecular flexibility index (Phi) is 15.3. The molecule has 0 aliphatic carbocycles. The van der Waals surface area contributed by atoms with Crippen LogP contribution in [0.4, 0.5) is 31.5 Å². The second-order valence-electron chi connectivity index (χ2n) is 23.2. The Labute approximate surface area is 504 Å². The molecule has 8 aromatic rings. The molecule has 2 saturated heterocycles. The van der Waals surface area contributed by atoms with Crippen LogP contribution >= 0.6 is 23.2 Å². The quantitative estimate of drug-likeness (QED) is 0.143. The third-order valence-corrected chi connectivity index (χ3v) is 17.5. The summed E-state index contributed by atoms with van der Waals surface area (Å²) in [5, 5.41) is 22.4. The van der Waals surface area contributed by atoms with Crippen molar-refractivity contribution in [1.29, 1.82) is 0 Å². The average molecular weight is 1210 g/mol. The maximum Gasteiger partial charge on any atom is 0.283 e. The standard InChI is InChI=1S/C33H32ClFN6O4.C31H31ClFN5O3/c1-7-24(43)39-15-22-32(44)38(6)30-29(40(22)14-18(39)5)19-13-20(34)27(25-21(35)9-8-10-23(25)42)37-31(19)41(33(30)45)28-17(4)11-12-36-26(28)16(2)3;1-15(2)24-26(17(4)11-12-34-24)38-29-18(13-19(32)25(35-29)23-20(33)7-6-8-22(23)39)27-28(31(38)41)36(5)30(40)21-10-9-16(3)14-37(21)27/h7-13,16,18,22,42H,1,14-15H2,2-6H3;6-8,11-13,15-16,21,39H,9-10,14H2,1-5H3/t18-,22-;16-,21+/m10/s1. The van der Waals surface area contributed by atoms with Gasteiger partial charge in [0.2, 0.25) is 11.8 Å². The topological polar surface area (TPSA) is 203 Å². The summed E-state index contributed by atoms with van der Waals surface area (Å²) in [7, 11) is 3.17. The number of carbonyl (C=O) groups is 3. The molecule has 2 aromatic carbocycles. The van der Waals surface area contributed by atoms with Crippen molar-refractivity contribution in [2.24, 2.45) is 5.92 Å². The van der Waals surface area contributed by atoms with Crippen molar-refractivity contribution in [3.8, 4) is 45.4 Å². The Morgan fingerprint density at radius 3 is 1.51 bits per heavy atom. The fraction of sp³-hybridized carbons (Fsp3) is 0.328. The van der Waals surface area contributed by atoms with Gasteiger partial charge in [-0.3, -0.25) is 43.1 Å². The highest BCUT2D eigenvalue weighted by atomic mass is 35.5. The van der Waals surface area contributed by atoms with Gasteiger partial charge >= 0.3 is 0 Å². The van der Waals surface area contributed by atoms with E-state index in [4.69, 9.17) is 33.2 Å². The van der Waals surface area contributed by atoms with E-state index in [0.717, 1.165) is 17.5 Å². The summed E-state index contributed by atoms with van der Waals surface area (Å²) in [6.45, 7) is 20.1. The van der Waals surface area contributed by atoms with Gasteiger partial charge in [0.15, 0.2) is 11.3 Å². The molecule has 2 N–H and O–H groups in total. The molecule has 2 fully saturated rings. The van der Waals surface area contributed by atoms with Crippen LogP contribution in [0.2, 0.25) is 10.0 Å². The van der Waals surface area contributed by atoms with Crippen molar-refractivity contribution in [1.82, 2.24) is 34.0 Å². The lowest BCUT2D eigenvalue weighted by Gasteiger charge is -2.49. The van der Waals surface area contributed by atoms with Crippen LogP contribution in [-0.4, -0.2) is 114 Å². The van der Waals surface area contributed by atoms with Gasteiger partial charge in [-0.1, -0.05) is 76.5 Å². The minimum Gasteiger partial charge on any atom is -0.507 e. The van der Waals surface area contributed by atoms with Crippen LogP contribution in [0.1, 0.15) is 88.7 Å². The number of halogens is 4. The molecular formula is C64H63Cl2F2N11O7. The second-order valence-corrected chi connectivity index (χ2v) is 24.0.